The first-order valence-corrected chi connectivity index (χ1v) is 7.63. The molecule has 0 aromatic heterocycles. The number of rotatable bonds is 3. The van der Waals surface area contributed by atoms with Gasteiger partial charge in [-0.2, -0.15) is 13.2 Å². The number of amides is 3. The van der Waals surface area contributed by atoms with Crippen LogP contribution in [0, 0.1) is 5.92 Å². The maximum absolute atomic E-state index is 12.2. The standard InChI is InChI=1S/C14H22F3N3O2/c1-19(9-14(15,16)17)12(21)8-18-13(22)20-7-6-10-4-2-3-5-11(10)20/h10-11H,2-9H2,1H3,(H,18,22)/t10-,11-/m1/s1. The first kappa shape index (κ1) is 16.9. The number of likely N-dealkylation sites (tertiary alicyclic amines) is 1. The summed E-state index contributed by atoms with van der Waals surface area (Å²) in [4.78, 5) is 26.1. The predicted molar refractivity (Wildman–Crippen MR) is 74.2 cm³/mol. The molecule has 1 aliphatic heterocycles. The molecule has 1 saturated carbocycles. The number of likely N-dealkylation sites (N-methyl/N-ethyl adjacent to an activating group) is 1. The van der Waals surface area contributed by atoms with Crippen molar-refractivity contribution in [2.75, 3.05) is 26.7 Å². The Balaban J connectivity index is 1.79. The van der Waals surface area contributed by atoms with E-state index in [0.717, 1.165) is 32.7 Å². The van der Waals surface area contributed by atoms with Gasteiger partial charge in [-0.25, -0.2) is 4.79 Å². The number of carbonyl (C=O) groups is 2. The van der Waals surface area contributed by atoms with Gasteiger partial charge in [0.05, 0.1) is 6.54 Å². The molecule has 1 aliphatic carbocycles. The zero-order valence-corrected chi connectivity index (χ0v) is 12.7. The smallest absolute Gasteiger partial charge is 0.335 e. The van der Waals surface area contributed by atoms with Crippen molar-refractivity contribution >= 4 is 11.9 Å². The normalized spacial score (nSPS) is 24.8. The molecule has 22 heavy (non-hydrogen) atoms. The van der Waals surface area contributed by atoms with Crippen LogP contribution in [0.25, 0.3) is 0 Å². The van der Waals surface area contributed by atoms with E-state index in [2.05, 4.69) is 5.32 Å². The van der Waals surface area contributed by atoms with Gasteiger partial charge in [0.25, 0.3) is 0 Å². The average Bonchev–Trinajstić information content (AvgIpc) is 2.86. The minimum Gasteiger partial charge on any atom is -0.335 e. The van der Waals surface area contributed by atoms with Gasteiger partial charge in [0.15, 0.2) is 0 Å². The number of nitrogens with one attached hydrogen (secondary N) is 1. The maximum atomic E-state index is 12.2. The molecular formula is C14H22F3N3O2. The Labute approximate surface area is 127 Å². The zero-order valence-electron chi connectivity index (χ0n) is 12.7. The van der Waals surface area contributed by atoms with Gasteiger partial charge in [-0.1, -0.05) is 12.8 Å². The fourth-order valence-electron chi connectivity index (χ4n) is 3.40. The van der Waals surface area contributed by atoms with E-state index in [9.17, 15) is 22.8 Å². The number of urea groups is 1. The summed E-state index contributed by atoms with van der Waals surface area (Å²) in [5, 5.41) is 2.45. The maximum Gasteiger partial charge on any atom is 0.406 e. The predicted octanol–water partition coefficient (Wildman–Crippen LogP) is 1.98. The van der Waals surface area contributed by atoms with Crippen molar-refractivity contribution in [2.45, 2.75) is 44.3 Å². The SMILES string of the molecule is CN(CC(F)(F)F)C(=O)CNC(=O)N1CC[C@H]2CCCC[C@H]21. The van der Waals surface area contributed by atoms with Crippen molar-refractivity contribution in [1.29, 1.82) is 0 Å². The largest absolute Gasteiger partial charge is 0.406 e. The van der Waals surface area contributed by atoms with Crippen LogP contribution in [0.4, 0.5) is 18.0 Å². The summed E-state index contributed by atoms with van der Waals surface area (Å²) in [6.07, 6.45) is 0.927. The first-order chi connectivity index (χ1) is 10.3. The number of fused-ring (bicyclic) bond motifs is 1. The van der Waals surface area contributed by atoms with E-state index in [0.29, 0.717) is 17.4 Å². The van der Waals surface area contributed by atoms with Crippen LogP contribution in [-0.4, -0.2) is 60.6 Å². The molecule has 2 aliphatic rings. The Hall–Kier alpha value is -1.47. The van der Waals surface area contributed by atoms with Gasteiger partial charge in [-0.3, -0.25) is 4.79 Å². The van der Waals surface area contributed by atoms with Crippen LogP contribution in [0.5, 0.6) is 0 Å². The van der Waals surface area contributed by atoms with Crippen LogP contribution in [-0.2, 0) is 4.79 Å². The van der Waals surface area contributed by atoms with E-state index in [4.69, 9.17) is 0 Å². The molecule has 0 aromatic rings. The summed E-state index contributed by atoms with van der Waals surface area (Å²) in [7, 11) is 1.08. The van der Waals surface area contributed by atoms with E-state index < -0.39 is 25.2 Å². The Bertz CT molecular complexity index is 428. The Morgan fingerprint density at radius 2 is 1.91 bits per heavy atom. The van der Waals surface area contributed by atoms with E-state index in [1.165, 1.54) is 6.42 Å². The highest BCUT2D eigenvalue weighted by Crippen LogP contribution is 2.35. The molecule has 1 saturated heterocycles. The number of nitrogens with zero attached hydrogens (tertiary/aromatic N) is 2. The number of alkyl halides is 3. The van der Waals surface area contributed by atoms with Crippen molar-refractivity contribution < 1.29 is 22.8 Å². The Kier molecular flexibility index (Phi) is 5.18. The molecule has 0 unspecified atom stereocenters. The lowest BCUT2D eigenvalue weighted by Crippen LogP contribution is -2.48. The second-order valence-electron chi connectivity index (χ2n) is 6.12. The molecule has 2 atom stereocenters. The third-order valence-corrected chi connectivity index (χ3v) is 4.50. The molecule has 5 nitrogen and oxygen atoms in total. The monoisotopic (exact) mass is 321 g/mol. The molecule has 2 fully saturated rings. The van der Waals surface area contributed by atoms with Crippen LogP contribution in [0.2, 0.25) is 0 Å². The zero-order chi connectivity index (χ0) is 16.3. The molecule has 0 aromatic carbocycles. The lowest BCUT2D eigenvalue weighted by atomic mass is 9.85. The topological polar surface area (TPSA) is 52.7 Å². The second kappa shape index (κ2) is 6.75. The number of halogens is 3. The second-order valence-corrected chi connectivity index (χ2v) is 6.12. The van der Waals surface area contributed by atoms with Gasteiger partial charge in [-0.05, 0) is 25.2 Å². The van der Waals surface area contributed by atoms with Crippen LogP contribution < -0.4 is 5.32 Å². The first-order valence-electron chi connectivity index (χ1n) is 7.63. The summed E-state index contributed by atoms with van der Waals surface area (Å²) in [5.74, 6) is -0.215. The third-order valence-electron chi connectivity index (χ3n) is 4.50. The molecule has 1 N–H and O–H groups in total. The van der Waals surface area contributed by atoms with Gasteiger partial charge in [-0.15, -0.1) is 0 Å². The summed E-state index contributed by atoms with van der Waals surface area (Å²) in [6, 6.07) is -0.125. The third kappa shape index (κ3) is 4.27. The Morgan fingerprint density at radius 1 is 1.23 bits per heavy atom. The fraction of sp³-hybridized carbons (Fsp3) is 0.857. The number of hydrogen-bond donors (Lipinski definition) is 1. The fourth-order valence-corrected chi connectivity index (χ4v) is 3.40. The molecular weight excluding hydrogens is 299 g/mol. The molecule has 8 heteroatoms. The van der Waals surface area contributed by atoms with E-state index >= 15 is 0 Å². The van der Waals surface area contributed by atoms with Gasteiger partial charge in [0.1, 0.15) is 6.54 Å². The van der Waals surface area contributed by atoms with Gasteiger partial charge < -0.3 is 15.1 Å². The van der Waals surface area contributed by atoms with Crippen molar-refractivity contribution in [3.63, 3.8) is 0 Å². The Morgan fingerprint density at radius 3 is 2.59 bits per heavy atom. The van der Waals surface area contributed by atoms with E-state index in [1.807, 2.05) is 0 Å². The van der Waals surface area contributed by atoms with Crippen LogP contribution in [0.1, 0.15) is 32.1 Å². The highest BCUT2D eigenvalue weighted by atomic mass is 19.4. The molecule has 126 valence electrons. The number of carbonyl (C=O) groups excluding carboxylic acids is 2. The van der Waals surface area contributed by atoms with E-state index in [1.54, 1.807) is 4.90 Å². The van der Waals surface area contributed by atoms with Gasteiger partial charge in [0.2, 0.25) is 5.91 Å². The van der Waals surface area contributed by atoms with Crippen molar-refractivity contribution in [1.82, 2.24) is 15.1 Å². The number of hydrogen-bond acceptors (Lipinski definition) is 2. The van der Waals surface area contributed by atoms with Crippen LogP contribution in [0.15, 0.2) is 0 Å². The molecule has 0 bridgehead atoms. The summed E-state index contributed by atoms with van der Waals surface area (Å²) >= 11 is 0. The van der Waals surface area contributed by atoms with Crippen molar-refractivity contribution in [3.05, 3.63) is 0 Å². The van der Waals surface area contributed by atoms with Crippen molar-refractivity contribution in [2.24, 2.45) is 5.92 Å². The minimum absolute atomic E-state index is 0.219. The van der Waals surface area contributed by atoms with Crippen LogP contribution >= 0.6 is 0 Å². The molecule has 0 radical (unpaired) electrons. The summed E-state index contributed by atoms with van der Waals surface area (Å²) < 4.78 is 36.6. The highest BCUT2D eigenvalue weighted by Gasteiger charge is 2.38. The molecule has 1 heterocycles. The summed E-state index contributed by atoms with van der Waals surface area (Å²) in [5.41, 5.74) is 0. The van der Waals surface area contributed by atoms with Gasteiger partial charge >= 0.3 is 12.2 Å². The lowest BCUT2D eigenvalue weighted by Gasteiger charge is -2.31. The van der Waals surface area contributed by atoms with Gasteiger partial charge in [0, 0.05) is 19.6 Å². The van der Waals surface area contributed by atoms with E-state index in [-0.39, 0.29) is 12.1 Å². The lowest BCUT2D eigenvalue weighted by molar-refractivity contribution is -0.157. The molecule has 2 rings (SSSR count). The minimum atomic E-state index is -4.43. The molecule has 0 spiro atoms. The quantitative estimate of drug-likeness (QED) is 0.864. The van der Waals surface area contributed by atoms with Crippen LogP contribution in [0.3, 0.4) is 0 Å². The highest BCUT2D eigenvalue weighted by molar-refractivity contribution is 5.84. The summed E-state index contributed by atoms with van der Waals surface area (Å²) in [6.45, 7) is -1.05. The molecule has 3 amide bonds. The van der Waals surface area contributed by atoms with Crippen molar-refractivity contribution in [3.8, 4) is 0 Å². The average molecular weight is 321 g/mol.